The van der Waals surface area contributed by atoms with Crippen LogP contribution >= 0.6 is 0 Å². The number of rotatable bonds is 5. The fourth-order valence-electron chi connectivity index (χ4n) is 2.72. The molecule has 1 heterocycles. The Labute approximate surface area is 126 Å². The van der Waals surface area contributed by atoms with Crippen molar-refractivity contribution in [3.05, 3.63) is 29.8 Å². The van der Waals surface area contributed by atoms with Crippen LogP contribution in [-0.2, 0) is 11.3 Å². The minimum atomic E-state index is -0.469. The number of piperazine rings is 1. The van der Waals surface area contributed by atoms with E-state index in [1.54, 1.807) is 4.90 Å². The van der Waals surface area contributed by atoms with Gasteiger partial charge in [0.1, 0.15) is 12.4 Å². The van der Waals surface area contributed by atoms with E-state index < -0.39 is 5.54 Å². The molecule has 1 fully saturated rings. The van der Waals surface area contributed by atoms with E-state index in [1.165, 1.54) is 0 Å². The number of amides is 1. The summed E-state index contributed by atoms with van der Waals surface area (Å²) in [5, 5.41) is 0. The maximum absolute atomic E-state index is 12.2. The van der Waals surface area contributed by atoms with Crippen LogP contribution in [0.2, 0.25) is 0 Å². The second-order valence-electron chi connectivity index (χ2n) is 5.93. The average molecular weight is 291 g/mol. The van der Waals surface area contributed by atoms with Crippen LogP contribution in [-0.4, -0.2) is 54.5 Å². The van der Waals surface area contributed by atoms with Gasteiger partial charge in [0.15, 0.2) is 0 Å². The molecule has 2 rings (SSSR count). The van der Waals surface area contributed by atoms with E-state index in [9.17, 15) is 4.79 Å². The fraction of sp³-hybridized carbons (Fsp3) is 0.562. The Balaban J connectivity index is 1.93. The quantitative estimate of drug-likeness (QED) is 0.882. The van der Waals surface area contributed by atoms with Crippen molar-refractivity contribution in [1.82, 2.24) is 9.80 Å². The van der Waals surface area contributed by atoms with Gasteiger partial charge in [0.25, 0.3) is 0 Å². The minimum Gasteiger partial charge on any atom is -0.492 e. The van der Waals surface area contributed by atoms with Gasteiger partial charge in [-0.05, 0) is 19.9 Å². The Morgan fingerprint density at radius 3 is 2.71 bits per heavy atom. The molecule has 5 nitrogen and oxygen atoms in total. The number of nitrogens with two attached hydrogens (primary N) is 1. The molecule has 0 bridgehead atoms. The number of benzene rings is 1. The number of likely N-dealkylation sites (N-methyl/N-ethyl adjacent to an activating group) is 1. The predicted octanol–water partition coefficient (Wildman–Crippen LogP) is 1.08. The Bertz CT molecular complexity index is 502. The first-order chi connectivity index (χ1) is 9.96. The molecule has 1 aromatic carbocycles. The van der Waals surface area contributed by atoms with Crippen LogP contribution in [0.4, 0.5) is 0 Å². The van der Waals surface area contributed by atoms with E-state index in [0.717, 1.165) is 30.9 Å². The van der Waals surface area contributed by atoms with Gasteiger partial charge in [0.05, 0.1) is 5.54 Å². The number of carbonyl (C=O) groups is 1. The summed E-state index contributed by atoms with van der Waals surface area (Å²) in [5.74, 6) is 0.995. The molecule has 5 heteroatoms. The summed E-state index contributed by atoms with van der Waals surface area (Å²) in [6.45, 7) is 7.33. The predicted molar refractivity (Wildman–Crippen MR) is 83.1 cm³/mol. The van der Waals surface area contributed by atoms with Gasteiger partial charge in [0.2, 0.25) is 5.91 Å². The molecule has 0 spiro atoms. The normalized spacial score (nSPS) is 18.9. The molecule has 0 atom stereocenters. The lowest BCUT2D eigenvalue weighted by atomic mass is 9.98. The molecule has 116 valence electrons. The van der Waals surface area contributed by atoms with Crippen LogP contribution in [0.1, 0.15) is 19.4 Å². The van der Waals surface area contributed by atoms with E-state index in [0.29, 0.717) is 13.2 Å². The van der Waals surface area contributed by atoms with Crippen molar-refractivity contribution in [2.24, 2.45) is 5.73 Å². The maximum Gasteiger partial charge on any atom is 0.242 e. The second kappa shape index (κ2) is 6.45. The van der Waals surface area contributed by atoms with Crippen LogP contribution in [0.15, 0.2) is 24.3 Å². The summed E-state index contributed by atoms with van der Waals surface area (Å²) < 4.78 is 5.84. The summed E-state index contributed by atoms with van der Waals surface area (Å²) in [6.07, 6.45) is 0. The lowest BCUT2D eigenvalue weighted by molar-refractivity contribution is -0.147. The molecule has 0 saturated carbocycles. The Morgan fingerprint density at radius 2 is 2.00 bits per heavy atom. The van der Waals surface area contributed by atoms with Crippen LogP contribution in [0, 0.1) is 0 Å². The van der Waals surface area contributed by atoms with Gasteiger partial charge in [-0.1, -0.05) is 18.2 Å². The van der Waals surface area contributed by atoms with Crippen LogP contribution in [0.25, 0.3) is 0 Å². The van der Waals surface area contributed by atoms with Crippen molar-refractivity contribution in [2.45, 2.75) is 25.9 Å². The summed E-state index contributed by atoms with van der Waals surface area (Å²) in [5.41, 5.74) is 6.24. The first-order valence-corrected chi connectivity index (χ1v) is 7.38. The highest BCUT2D eigenvalue weighted by Gasteiger charge is 2.39. The molecule has 0 aromatic heterocycles. The van der Waals surface area contributed by atoms with Crippen molar-refractivity contribution >= 4 is 5.91 Å². The number of hydrogen-bond acceptors (Lipinski definition) is 4. The minimum absolute atomic E-state index is 0.163. The van der Waals surface area contributed by atoms with Crippen molar-refractivity contribution in [1.29, 1.82) is 0 Å². The van der Waals surface area contributed by atoms with Gasteiger partial charge in [-0.3, -0.25) is 9.69 Å². The Kier molecular flexibility index (Phi) is 4.85. The topological polar surface area (TPSA) is 58.8 Å². The molecule has 21 heavy (non-hydrogen) atoms. The van der Waals surface area contributed by atoms with Gasteiger partial charge < -0.3 is 15.4 Å². The largest absolute Gasteiger partial charge is 0.492 e. The monoisotopic (exact) mass is 291 g/mol. The standard InChI is InChI=1S/C16H25N3O2/c1-16(2)15(20)18(3)8-9-19(16)10-11-21-14-7-5-4-6-13(14)12-17/h4-7H,8-12,17H2,1-3H3. The SMILES string of the molecule is CN1CCN(CCOc2ccccc2CN)C(C)(C)C1=O. The molecule has 1 aromatic rings. The van der Waals surface area contributed by atoms with Gasteiger partial charge in [-0.15, -0.1) is 0 Å². The zero-order valence-corrected chi connectivity index (χ0v) is 13.1. The smallest absolute Gasteiger partial charge is 0.242 e. The third-order valence-corrected chi connectivity index (χ3v) is 4.18. The highest BCUT2D eigenvalue weighted by molar-refractivity contribution is 5.86. The molecule has 0 unspecified atom stereocenters. The molecule has 1 amide bonds. The second-order valence-corrected chi connectivity index (χ2v) is 5.93. The van der Waals surface area contributed by atoms with Gasteiger partial charge in [-0.2, -0.15) is 0 Å². The molecule has 0 aliphatic carbocycles. The van der Waals surface area contributed by atoms with E-state index >= 15 is 0 Å². The lowest BCUT2D eigenvalue weighted by Crippen LogP contribution is -2.62. The van der Waals surface area contributed by atoms with E-state index in [1.807, 2.05) is 45.2 Å². The van der Waals surface area contributed by atoms with E-state index in [2.05, 4.69) is 4.90 Å². The summed E-state index contributed by atoms with van der Waals surface area (Å²) >= 11 is 0. The molecular formula is C16H25N3O2. The van der Waals surface area contributed by atoms with Crippen LogP contribution in [0.5, 0.6) is 5.75 Å². The van der Waals surface area contributed by atoms with Crippen molar-refractivity contribution in [3.63, 3.8) is 0 Å². The summed E-state index contributed by atoms with van der Waals surface area (Å²) in [4.78, 5) is 16.2. The first kappa shape index (κ1) is 15.8. The number of ether oxygens (including phenoxy) is 1. The van der Waals surface area contributed by atoms with E-state index in [-0.39, 0.29) is 5.91 Å². The van der Waals surface area contributed by atoms with Crippen molar-refractivity contribution in [2.75, 3.05) is 33.3 Å². The highest BCUT2D eigenvalue weighted by Crippen LogP contribution is 2.22. The van der Waals surface area contributed by atoms with Crippen molar-refractivity contribution < 1.29 is 9.53 Å². The van der Waals surface area contributed by atoms with Gasteiger partial charge >= 0.3 is 0 Å². The van der Waals surface area contributed by atoms with Gasteiger partial charge in [-0.25, -0.2) is 0 Å². The molecular weight excluding hydrogens is 266 g/mol. The average Bonchev–Trinajstić information content (AvgIpc) is 2.48. The fourth-order valence-corrected chi connectivity index (χ4v) is 2.72. The number of nitrogens with zero attached hydrogens (tertiary/aromatic N) is 2. The Hall–Kier alpha value is -1.59. The van der Waals surface area contributed by atoms with Gasteiger partial charge in [0, 0.05) is 38.8 Å². The number of para-hydroxylation sites is 1. The third kappa shape index (κ3) is 3.36. The van der Waals surface area contributed by atoms with Crippen LogP contribution < -0.4 is 10.5 Å². The molecule has 0 radical (unpaired) electrons. The van der Waals surface area contributed by atoms with Crippen LogP contribution in [0.3, 0.4) is 0 Å². The molecule has 1 aliphatic rings. The first-order valence-electron chi connectivity index (χ1n) is 7.38. The van der Waals surface area contributed by atoms with E-state index in [4.69, 9.17) is 10.5 Å². The lowest BCUT2D eigenvalue weighted by Gasteiger charge is -2.44. The molecule has 2 N–H and O–H groups in total. The third-order valence-electron chi connectivity index (χ3n) is 4.18. The molecule has 1 saturated heterocycles. The number of hydrogen-bond donors (Lipinski definition) is 1. The highest BCUT2D eigenvalue weighted by atomic mass is 16.5. The molecule has 1 aliphatic heterocycles. The zero-order valence-electron chi connectivity index (χ0n) is 13.1. The maximum atomic E-state index is 12.2. The Morgan fingerprint density at radius 1 is 1.29 bits per heavy atom. The summed E-state index contributed by atoms with van der Waals surface area (Å²) in [7, 11) is 1.86. The number of carbonyl (C=O) groups excluding carboxylic acids is 1. The zero-order chi connectivity index (χ0) is 15.5. The summed E-state index contributed by atoms with van der Waals surface area (Å²) in [6, 6.07) is 7.80. The van der Waals surface area contributed by atoms with Crippen molar-refractivity contribution in [3.8, 4) is 5.75 Å².